The minimum atomic E-state index is -4.96. The van der Waals surface area contributed by atoms with Gasteiger partial charge in [-0.2, -0.15) is 8.42 Å². The SMILES string of the molecule is CCCCCCCC(F)S(=O)(=O)F. The first-order valence-corrected chi connectivity index (χ1v) is 6.00. The van der Waals surface area contributed by atoms with Crippen LogP contribution in [0.2, 0.25) is 0 Å². The molecule has 0 spiro atoms. The highest BCUT2D eigenvalue weighted by molar-refractivity contribution is 7.86. The molecule has 0 rings (SSSR count). The Labute approximate surface area is 78.5 Å². The summed E-state index contributed by atoms with van der Waals surface area (Å²) in [6, 6.07) is 0. The van der Waals surface area contributed by atoms with Gasteiger partial charge in [0.2, 0.25) is 5.50 Å². The summed E-state index contributed by atoms with van der Waals surface area (Å²) in [5.41, 5.74) is -2.32. The van der Waals surface area contributed by atoms with E-state index in [9.17, 15) is 16.7 Å². The van der Waals surface area contributed by atoms with Crippen LogP contribution in [0.3, 0.4) is 0 Å². The first-order valence-electron chi connectivity index (χ1n) is 4.56. The molecule has 0 heterocycles. The minimum Gasteiger partial charge on any atom is -0.227 e. The summed E-state index contributed by atoms with van der Waals surface area (Å²) < 4.78 is 44.4. The molecule has 0 saturated heterocycles. The molecule has 0 amide bonds. The van der Waals surface area contributed by atoms with Gasteiger partial charge < -0.3 is 0 Å². The third kappa shape index (κ3) is 6.93. The molecule has 1 unspecified atom stereocenters. The Hall–Kier alpha value is -0.190. The molecule has 2 nitrogen and oxygen atoms in total. The second kappa shape index (κ2) is 6.29. The lowest BCUT2D eigenvalue weighted by Crippen LogP contribution is -2.10. The summed E-state index contributed by atoms with van der Waals surface area (Å²) in [5.74, 6) is 0. The van der Waals surface area contributed by atoms with Crippen molar-refractivity contribution in [3.05, 3.63) is 0 Å². The lowest BCUT2D eigenvalue weighted by Gasteiger charge is -2.02. The maximum absolute atomic E-state index is 12.5. The monoisotopic (exact) mass is 214 g/mol. The minimum absolute atomic E-state index is 0.220. The Balaban J connectivity index is 3.44. The maximum Gasteiger partial charge on any atom is 0.334 e. The molecule has 0 fully saturated rings. The third-order valence-electron chi connectivity index (χ3n) is 1.84. The predicted molar refractivity (Wildman–Crippen MR) is 48.3 cm³/mol. The van der Waals surface area contributed by atoms with Gasteiger partial charge >= 0.3 is 10.2 Å². The van der Waals surface area contributed by atoms with Crippen LogP contribution in [0.4, 0.5) is 8.28 Å². The van der Waals surface area contributed by atoms with Gasteiger partial charge in [0.15, 0.2) is 0 Å². The van der Waals surface area contributed by atoms with Gasteiger partial charge in [-0.1, -0.05) is 32.6 Å². The van der Waals surface area contributed by atoms with Crippen molar-refractivity contribution in [3.63, 3.8) is 0 Å². The highest BCUT2D eigenvalue weighted by atomic mass is 32.3. The molecule has 0 N–H and O–H groups in total. The molecule has 1 atom stereocenters. The van der Waals surface area contributed by atoms with Crippen LogP contribution in [0.15, 0.2) is 0 Å². The third-order valence-corrected chi connectivity index (χ3v) is 2.69. The molecule has 0 aromatic carbocycles. The fourth-order valence-corrected chi connectivity index (χ4v) is 1.50. The molecule has 0 aliphatic carbocycles. The maximum atomic E-state index is 12.5. The predicted octanol–water partition coefficient (Wildman–Crippen LogP) is 2.94. The van der Waals surface area contributed by atoms with Gasteiger partial charge in [-0.15, -0.1) is 3.89 Å². The highest BCUT2D eigenvalue weighted by Gasteiger charge is 2.22. The highest BCUT2D eigenvalue weighted by Crippen LogP contribution is 2.14. The molecule has 0 radical (unpaired) electrons. The average Bonchev–Trinajstić information content (AvgIpc) is 2.02. The van der Waals surface area contributed by atoms with Crippen LogP contribution in [0.5, 0.6) is 0 Å². The topological polar surface area (TPSA) is 34.1 Å². The zero-order valence-corrected chi connectivity index (χ0v) is 8.62. The van der Waals surface area contributed by atoms with E-state index in [0.717, 1.165) is 25.7 Å². The van der Waals surface area contributed by atoms with Crippen LogP contribution >= 0.6 is 0 Å². The molecule has 0 aromatic heterocycles. The fourth-order valence-electron chi connectivity index (χ4n) is 1.05. The Bertz CT molecular complexity index is 214. The van der Waals surface area contributed by atoms with Crippen molar-refractivity contribution in [2.75, 3.05) is 0 Å². The van der Waals surface area contributed by atoms with E-state index in [1.54, 1.807) is 0 Å². The molecule has 0 saturated carbocycles. The van der Waals surface area contributed by atoms with E-state index < -0.39 is 15.7 Å². The lowest BCUT2D eigenvalue weighted by atomic mass is 10.1. The van der Waals surface area contributed by atoms with Gasteiger partial charge in [-0.3, -0.25) is 0 Å². The standard InChI is InChI=1S/C8H16F2O2S/c1-2-3-4-5-6-7-8(9)13(10,11)12/h8H,2-7H2,1H3. The van der Waals surface area contributed by atoms with E-state index in [4.69, 9.17) is 0 Å². The van der Waals surface area contributed by atoms with Crippen molar-refractivity contribution < 1.29 is 16.7 Å². The summed E-state index contributed by atoms with van der Waals surface area (Å²) in [5, 5.41) is 0. The molecular weight excluding hydrogens is 198 g/mol. The number of unbranched alkanes of at least 4 members (excludes halogenated alkanes) is 4. The molecule has 0 aliphatic rings. The second-order valence-corrected chi connectivity index (χ2v) is 4.55. The van der Waals surface area contributed by atoms with Crippen molar-refractivity contribution in [2.24, 2.45) is 0 Å². The zero-order chi connectivity index (χ0) is 10.3. The summed E-state index contributed by atoms with van der Waals surface area (Å²) in [4.78, 5) is 0. The van der Waals surface area contributed by atoms with Gasteiger partial charge in [-0.05, 0) is 12.8 Å². The summed E-state index contributed by atoms with van der Waals surface area (Å²) >= 11 is 0. The van der Waals surface area contributed by atoms with Gasteiger partial charge in [-0.25, -0.2) is 4.39 Å². The first kappa shape index (κ1) is 12.8. The van der Waals surface area contributed by atoms with Crippen LogP contribution in [-0.4, -0.2) is 13.9 Å². The molecule has 0 aliphatic heterocycles. The summed E-state index contributed by atoms with van der Waals surface area (Å²) in [7, 11) is -4.96. The zero-order valence-electron chi connectivity index (χ0n) is 7.80. The van der Waals surface area contributed by atoms with E-state index in [1.165, 1.54) is 0 Å². The van der Waals surface area contributed by atoms with Gasteiger partial charge in [0.25, 0.3) is 0 Å². The summed E-state index contributed by atoms with van der Waals surface area (Å²) in [6.07, 6.45) is 4.06. The van der Waals surface area contributed by atoms with Crippen LogP contribution in [0.25, 0.3) is 0 Å². The largest absolute Gasteiger partial charge is 0.334 e. The lowest BCUT2D eigenvalue weighted by molar-refractivity contribution is 0.370. The number of alkyl halides is 1. The smallest absolute Gasteiger partial charge is 0.227 e. The average molecular weight is 214 g/mol. The van der Waals surface area contributed by atoms with E-state index in [1.807, 2.05) is 6.92 Å². The molecule has 13 heavy (non-hydrogen) atoms. The molecule has 5 heteroatoms. The fraction of sp³-hybridized carbons (Fsp3) is 1.00. The Morgan fingerprint density at radius 1 is 1.15 bits per heavy atom. The van der Waals surface area contributed by atoms with Crippen molar-refractivity contribution in [1.29, 1.82) is 0 Å². The van der Waals surface area contributed by atoms with E-state index >= 15 is 0 Å². The van der Waals surface area contributed by atoms with Gasteiger partial charge in [0.05, 0.1) is 0 Å². The molecule has 0 aromatic rings. The Kier molecular flexibility index (Phi) is 6.20. The van der Waals surface area contributed by atoms with E-state index in [-0.39, 0.29) is 6.42 Å². The summed E-state index contributed by atoms with van der Waals surface area (Å²) in [6.45, 7) is 2.05. The number of halogens is 2. The van der Waals surface area contributed by atoms with Crippen LogP contribution in [0.1, 0.15) is 45.4 Å². The number of hydrogen-bond acceptors (Lipinski definition) is 2. The van der Waals surface area contributed by atoms with E-state index in [2.05, 4.69) is 0 Å². The number of hydrogen-bond donors (Lipinski definition) is 0. The Morgan fingerprint density at radius 3 is 2.15 bits per heavy atom. The Morgan fingerprint density at radius 2 is 1.69 bits per heavy atom. The molecule has 80 valence electrons. The number of rotatable bonds is 7. The normalized spacial score (nSPS) is 14.4. The van der Waals surface area contributed by atoms with Gasteiger partial charge in [0, 0.05) is 0 Å². The van der Waals surface area contributed by atoms with Crippen molar-refractivity contribution in [3.8, 4) is 0 Å². The first-order chi connectivity index (χ1) is 5.98. The quantitative estimate of drug-likeness (QED) is 0.482. The second-order valence-electron chi connectivity index (χ2n) is 3.09. The van der Waals surface area contributed by atoms with Crippen LogP contribution < -0.4 is 0 Å². The van der Waals surface area contributed by atoms with Crippen molar-refractivity contribution in [2.45, 2.75) is 51.0 Å². The van der Waals surface area contributed by atoms with E-state index in [0.29, 0.717) is 6.42 Å². The molecular formula is C8H16F2O2S. The van der Waals surface area contributed by atoms with Crippen LogP contribution in [0, 0.1) is 0 Å². The van der Waals surface area contributed by atoms with Gasteiger partial charge in [0.1, 0.15) is 0 Å². The van der Waals surface area contributed by atoms with Crippen molar-refractivity contribution >= 4 is 10.2 Å². The van der Waals surface area contributed by atoms with Crippen LogP contribution in [-0.2, 0) is 10.2 Å². The molecule has 0 bridgehead atoms. The van der Waals surface area contributed by atoms with Crippen molar-refractivity contribution in [1.82, 2.24) is 0 Å².